The maximum atomic E-state index is 11.7. The molecule has 0 bridgehead atoms. The molecular weight excluding hydrogens is 278 g/mol. The van der Waals surface area contributed by atoms with Crippen LogP contribution in [0.2, 0.25) is 0 Å². The highest BCUT2D eigenvalue weighted by Gasteiger charge is 2.27. The zero-order chi connectivity index (χ0) is 13.9. The van der Waals surface area contributed by atoms with Crippen molar-refractivity contribution >= 4 is 32.6 Å². The molecule has 0 aliphatic carbocycles. The molecule has 0 heterocycles. The van der Waals surface area contributed by atoms with E-state index in [0.29, 0.717) is 11.4 Å². The van der Waals surface area contributed by atoms with Crippen LogP contribution in [0.5, 0.6) is 5.75 Å². The van der Waals surface area contributed by atoms with E-state index in [1.807, 2.05) is 0 Å². The first kappa shape index (κ1) is 14.8. The number of benzene rings is 1. The van der Waals surface area contributed by atoms with E-state index in [-0.39, 0.29) is 0 Å². The molecule has 7 heteroatoms. The minimum atomic E-state index is -3.59. The first-order valence-electron chi connectivity index (χ1n) is 5.10. The smallest absolute Gasteiger partial charge is 0.245 e. The average Bonchev–Trinajstić information content (AvgIpc) is 2.28. The fourth-order valence-electron chi connectivity index (χ4n) is 1.52. The highest BCUT2D eigenvalue weighted by molar-refractivity contribution is 7.92. The van der Waals surface area contributed by atoms with Gasteiger partial charge in [-0.25, -0.2) is 8.42 Å². The van der Waals surface area contributed by atoms with Gasteiger partial charge in [0, 0.05) is 0 Å². The summed E-state index contributed by atoms with van der Waals surface area (Å²) in [4.78, 5) is 11.2. The van der Waals surface area contributed by atoms with Crippen molar-refractivity contribution in [2.24, 2.45) is 0 Å². The van der Waals surface area contributed by atoms with E-state index in [1.54, 1.807) is 24.3 Å². The number of carbonyl (C=O) groups excluding carboxylic acids is 1. The lowest BCUT2D eigenvalue weighted by Crippen LogP contribution is -2.41. The Morgan fingerprint density at radius 1 is 1.33 bits per heavy atom. The van der Waals surface area contributed by atoms with Gasteiger partial charge in [-0.3, -0.25) is 9.10 Å². The zero-order valence-electron chi connectivity index (χ0n) is 10.3. The highest BCUT2D eigenvalue weighted by atomic mass is 35.5. The van der Waals surface area contributed by atoms with Crippen molar-refractivity contribution in [3.63, 3.8) is 0 Å². The SMILES string of the molecule is COc1ccc(N(C(C)C(=O)Cl)S(C)(=O)=O)cc1. The topological polar surface area (TPSA) is 63.7 Å². The van der Waals surface area contributed by atoms with Gasteiger partial charge < -0.3 is 4.74 Å². The molecule has 5 nitrogen and oxygen atoms in total. The van der Waals surface area contributed by atoms with E-state index in [9.17, 15) is 13.2 Å². The molecule has 0 N–H and O–H groups in total. The maximum absolute atomic E-state index is 11.7. The molecule has 0 amide bonds. The summed E-state index contributed by atoms with van der Waals surface area (Å²) in [5, 5.41) is -0.740. The summed E-state index contributed by atoms with van der Waals surface area (Å²) in [5.74, 6) is 0.594. The largest absolute Gasteiger partial charge is 0.497 e. The molecule has 1 unspecified atom stereocenters. The summed E-state index contributed by atoms with van der Waals surface area (Å²) >= 11 is 5.37. The van der Waals surface area contributed by atoms with Gasteiger partial charge in [0.15, 0.2) is 0 Å². The van der Waals surface area contributed by atoms with Crippen LogP contribution in [0.15, 0.2) is 24.3 Å². The molecule has 0 aromatic heterocycles. The number of sulfonamides is 1. The molecule has 18 heavy (non-hydrogen) atoms. The van der Waals surface area contributed by atoms with Gasteiger partial charge in [0.2, 0.25) is 15.3 Å². The van der Waals surface area contributed by atoms with Crippen LogP contribution in [0.1, 0.15) is 6.92 Å². The van der Waals surface area contributed by atoms with Crippen LogP contribution in [0, 0.1) is 0 Å². The van der Waals surface area contributed by atoms with Crippen molar-refractivity contribution in [3.05, 3.63) is 24.3 Å². The molecule has 0 aliphatic rings. The lowest BCUT2D eigenvalue weighted by molar-refractivity contribution is -0.112. The summed E-state index contributed by atoms with van der Waals surface area (Å²) in [6.45, 7) is 1.43. The van der Waals surface area contributed by atoms with Gasteiger partial charge in [0.1, 0.15) is 11.8 Å². The predicted octanol–water partition coefficient (Wildman–Crippen LogP) is 1.62. The minimum absolute atomic E-state index is 0.361. The molecule has 1 rings (SSSR count). The first-order chi connectivity index (χ1) is 8.27. The molecule has 100 valence electrons. The van der Waals surface area contributed by atoms with Gasteiger partial charge in [-0.05, 0) is 42.8 Å². The minimum Gasteiger partial charge on any atom is -0.497 e. The standard InChI is InChI=1S/C11H14ClNO4S/c1-8(11(12)14)13(18(3,15)16)9-4-6-10(17-2)7-5-9/h4-8H,1-3H3. The Hall–Kier alpha value is -1.27. The molecule has 1 aromatic carbocycles. The summed E-state index contributed by atoms with van der Waals surface area (Å²) in [7, 11) is -2.09. The van der Waals surface area contributed by atoms with E-state index in [1.165, 1.54) is 14.0 Å². The summed E-state index contributed by atoms with van der Waals surface area (Å²) in [6.07, 6.45) is 1.02. The van der Waals surface area contributed by atoms with E-state index < -0.39 is 21.3 Å². The van der Waals surface area contributed by atoms with Crippen LogP contribution in [0.25, 0.3) is 0 Å². The summed E-state index contributed by atoms with van der Waals surface area (Å²) < 4.78 is 29.4. The number of rotatable bonds is 5. The number of hydrogen-bond acceptors (Lipinski definition) is 4. The Balaban J connectivity index is 3.22. The third kappa shape index (κ3) is 3.36. The lowest BCUT2D eigenvalue weighted by atomic mass is 10.2. The van der Waals surface area contributed by atoms with Crippen molar-refractivity contribution < 1.29 is 17.9 Å². The molecular formula is C11H14ClNO4S. The van der Waals surface area contributed by atoms with Crippen molar-refractivity contribution in [2.45, 2.75) is 13.0 Å². The Bertz CT molecular complexity index is 526. The van der Waals surface area contributed by atoms with E-state index in [4.69, 9.17) is 16.3 Å². The number of carbonyl (C=O) groups is 1. The average molecular weight is 292 g/mol. The monoisotopic (exact) mass is 291 g/mol. The summed E-state index contributed by atoms with van der Waals surface area (Å²) in [5.41, 5.74) is 0.361. The second-order valence-corrected chi connectivity index (χ2v) is 5.97. The van der Waals surface area contributed by atoms with E-state index in [0.717, 1.165) is 10.6 Å². The van der Waals surface area contributed by atoms with Gasteiger partial charge in [-0.1, -0.05) is 0 Å². The Morgan fingerprint density at radius 2 is 1.83 bits per heavy atom. The predicted molar refractivity (Wildman–Crippen MR) is 70.6 cm³/mol. The second kappa shape index (κ2) is 5.58. The number of halogens is 1. The quantitative estimate of drug-likeness (QED) is 0.773. The lowest BCUT2D eigenvalue weighted by Gasteiger charge is -2.26. The molecule has 0 aliphatic heterocycles. The molecule has 1 atom stereocenters. The molecule has 0 spiro atoms. The Morgan fingerprint density at radius 3 is 2.17 bits per heavy atom. The first-order valence-corrected chi connectivity index (χ1v) is 7.33. The van der Waals surface area contributed by atoms with Crippen molar-refractivity contribution in [1.82, 2.24) is 0 Å². The Labute approximate surface area is 111 Å². The molecule has 0 fully saturated rings. The zero-order valence-corrected chi connectivity index (χ0v) is 11.8. The molecule has 0 radical (unpaired) electrons. The fourth-order valence-corrected chi connectivity index (χ4v) is 2.85. The third-order valence-corrected chi connectivity index (χ3v) is 3.92. The third-order valence-electron chi connectivity index (χ3n) is 2.36. The highest BCUT2D eigenvalue weighted by Crippen LogP contribution is 2.24. The van der Waals surface area contributed by atoms with Crippen LogP contribution < -0.4 is 9.04 Å². The molecule has 0 saturated carbocycles. The van der Waals surface area contributed by atoms with Gasteiger partial charge in [-0.15, -0.1) is 0 Å². The van der Waals surface area contributed by atoms with Crippen molar-refractivity contribution in [2.75, 3.05) is 17.7 Å². The van der Waals surface area contributed by atoms with E-state index >= 15 is 0 Å². The van der Waals surface area contributed by atoms with Gasteiger partial charge in [0.25, 0.3) is 0 Å². The van der Waals surface area contributed by atoms with Gasteiger partial charge in [-0.2, -0.15) is 0 Å². The van der Waals surface area contributed by atoms with Gasteiger partial charge >= 0.3 is 0 Å². The number of methoxy groups -OCH3 is 1. The van der Waals surface area contributed by atoms with Crippen LogP contribution in [0.4, 0.5) is 5.69 Å². The number of anilines is 1. The second-order valence-electron chi connectivity index (χ2n) is 3.74. The van der Waals surface area contributed by atoms with Crippen LogP contribution in [-0.2, 0) is 14.8 Å². The van der Waals surface area contributed by atoms with Crippen molar-refractivity contribution in [1.29, 1.82) is 0 Å². The number of ether oxygens (including phenoxy) is 1. The molecule has 0 saturated heterocycles. The normalized spacial score (nSPS) is 12.9. The summed E-state index contributed by atoms with van der Waals surface area (Å²) in [6, 6.07) is 5.36. The fraction of sp³-hybridized carbons (Fsp3) is 0.364. The van der Waals surface area contributed by atoms with Crippen LogP contribution >= 0.6 is 11.6 Å². The van der Waals surface area contributed by atoms with Crippen LogP contribution in [0.3, 0.4) is 0 Å². The van der Waals surface area contributed by atoms with Crippen LogP contribution in [-0.4, -0.2) is 33.1 Å². The van der Waals surface area contributed by atoms with E-state index in [2.05, 4.69) is 0 Å². The Kier molecular flexibility index (Phi) is 4.59. The van der Waals surface area contributed by atoms with Gasteiger partial charge in [0.05, 0.1) is 19.1 Å². The maximum Gasteiger partial charge on any atom is 0.245 e. The number of nitrogens with zero attached hydrogens (tertiary/aromatic N) is 1. The number of hydrogen-bond donors (Lipinski definition) is 0. The molecule has 1 aromatic rings. The van der Waals surface area contributed by atoms with Crippen molar-refractivity contribution in [3.8, 4) is 5.75 Å².